The zero-order valence-electron chi connectivity index (χ0n) is 27.5. The fourth-order valence-corrected chi connectivity index (χ4v) is 4.82. The highest BCUT2D eigenvalue weighted by Gasteiger charge is 2.50. The van der Waals surface area contributed by atoms with E-state index in [1.807, 2.05) is 58.0 Å². The molecule has 4 unspecified atom stereocenters. The number of ether oxygens (including phenoxy) is 2. The lowest BCUT2D eigenvalue weighted by molar-refractivity contribution is -0.134. The Kier molecular flexibility index (Phi) is 13.3. The molecule has 0 aliphatic carbocycles. The van der Waals surface area contributed by atoms with Gasteiger partial charge in [-0.15, -0.1) is 0 Å². The Balaban J connectivity index is 1.70. The molecule has 2 heterocycles. The fourth-order valence-electron chi connectivity index (χ4n) is 4.82. The van der Waals surface area contributed by atoms with Crippen molar-refractivity contribution in [3.63, 3.8) is 0 Å². The van der Waals surface area contributed by atoms with Crippen LogP contribution in [0.25, 0.3) is 0 Å². The van der Waals surface area contributed by atoms with Crippen molar-refractivity contribution in [2.45, 2.75) is 90.4 Å². The third-order valence-electron chi connectivity index (χ3n) is 7.56. The summed E-state index contributed by atoms with van der Waals surface area (Å²) in [4.78, 5) is 65.8. The second-order valence-corrected chi connectivity index (χ2v) is 12.7. The van der Waals surface area contributed by atoms with E-state index in [9.17, 15) is 24.0 Å². The number of rotatable bonds is 19. The predicted molar refractivity (Wildman–Crippen MR) is 169 cm³/mol. The minimum absolute atomic E-state index is 0.119. The molecule has 1 aromatic carbocycles. The Morgan fingerprint density at radius 1 is 0.891 bits per heavy atom. The summed E-state index contributed by atoms with van der Waals surface area (Å²) in [7, 11) is 1.41. The summed E-state index contributed by atoms with van der Waals surface area (Å²) in [5, 5.41) is 14.6. The topological polar surface area (TPSA) is 181 Å². The number of amides is 4. The first-order valence-electron chi connectivity index (χ1n) is 15.7. The van der Waals surface area contributed by atoms with Gasteiger partial charge in [0.15, 0.2) is 5.78 Å². The first kappa shape index (κ1) is 36.2. The summed E-state index contributed by atoms with van der Waals surface area (Å²) >= 11 is 0. The number of nitrogens with zero attached hydrogens (tertiary/aromatic N) is 1. The number of Topliss-reactive ketones (excluding diaryl/α,β-unsaturated/α-hetero) is 1. The number of hydrogen-bond donors (Lipinski definition) is 4. The van der Waals surface area contributed by atoms with Crippen molar-refractivity contribution in [2.75, 3.05) is 20.3 Å². The molecule has 13 heteroatoms. The van der Waals surface area contributed by atoms with Gasteiger partial charge in [-0.1, -0.05) is 63.2 Å². The van der Waals surface area contributed by atoms with Gasteiger partial charge in [-0.25, -0.2) is 0 Å². The molecule has 0 bridgehead atoms. The van der Waals surface area contributed by atoms with Gasteiger partial charge in [0, 0.05) is 12.5 Å². The first-order valence-corrected chi connectivity index (χ1v) is 15.7. The molecule has 46 heavy (non-hydrogen) atoms. The molecule has 4 amide bonds. The van der Waals surface area contributed by atoms with Gasteiger partial charge < -0.3 is 35.3 Å². The number of hydrogen-bond acceptors (Lipinski definition) is 9. The minimum atomic E-state index is -1.03. The van der Waals surface area contributed by atoms with Crippen LogP contribution in [0.5, 0.6) is 5.95 Å². The van der Waals surface area contributed by atoms with E-state index in [0.717, 1.165) is 5.56 Å². The van der Waals surface area contributed by atoms with Crippen LogP contribution >= 0.6 is 0 Å². The minimum Gasteiger partial charge on any atom is -0.467 e. The number of aromatic nitrogens is 1. The van der Waals surface area contributed by atoms with E-state index in [1.165, 1.54) is 13.2 Å². The Labute approximate surface area is 269 Å². The van der Waals surface area contributed by atoms with E-state index >= 15 is 0 Å². The molecule has 0 radical (unpaired) electrons. The summed E-state index contributed by atoms with van der Waals surface area (Å²) in [6, 6.07) is 7.90. The maximum Gasteiger partial charge on any atom is 0.311 e. The van der Waals surface area contributed by atoms with Crippen molar-refractivity contribution in [2.24, 2.45) is 11.8 Å². The predicted octanol–water partition coefficient (Wildman–Crippen LogP) is 1.88. The summed E-state index contributed by atoms with van der Waals surface area (Å²) in [5.41, 5.74) is 0.222. The van der Waals surface area contributed by atoms with Crippen molar-refractivity contribution in [3.8, 4) is 5.95 Å². The molecule has 13 nitrogen and oxygen atoms in total. The molecule has 4 atom stereocenters. The molecule has 1 saturated heterocycles. The average Bonchev–Trinajstić information content (AvgIpc) is 3.60. The van der Waals surface area contributed by atoms with Crippen LogP contribution in [0, 0.1) is 11.8 Å². The van der Waals surface area contributed by atoms with Crippen molar-refractivity contribution < 1.29 is 38.0 Å². The second kappa shape index (κ2) is 16.9. The third kappa shape index (κ3) is 11.6. The van der Waals surface area contributed by atoms with Crippen LogP contribution in [0.15, 0.2) is 40.9 Å². The van der Waals surface area contributed by atoms with Crippen LogP contribution in [0.3, 0.4) is 0 Å². The normalized spacial score (nSPS) is 17.5. The number of methoxy groups -OCH3 is 1. The smallest absolute Gasteiger partial charge is 0.311 e. The Bertz CT molecular complexity index is 1340. The summed E-state index contributed by atoms with van der Waals surface area (Å²) in [5.74, 6) is -1.78. The number of epoxide rings is 1. The maximum atomic E-state index is 13.7. The van der Waals surface area contributed by atoms with Gasteiger partial charge in [0.05, 0.1) is 38.4 Å². The van der Waals surface area contributed by atoms with Gasteiger partial charge in [0.25, 0.3) is 0 Å². The second-order valence-electron chi connectivity index (χ2n) is 12.7. The lowest BCUT2D eigenvalue weighted by Crippen LogP contribution is -2.57. The molecule has 4 N–H and O–H groups in total. The van der Waals surface area contributed by atoms with E-state index < -0.39 is 47.4 Å². The molecule has 0 spiro atoms. The molecule has 3 rings (SSSR count). The van der Waals surface area contributed by atoms with E-state index in [4.69, 9.17) is 14.0 Å². The highest BCUT2D eigenvalue weighted by molar-refractivity contribution is 5.98. The highest BCUT2D eigenvalue weighted by Crippen LogP contribution is 2.29. The van der Waals surface area contributed by atoms with E-state index in [0.29, 0.717) is 31.6 Å². The standard InChI is InChI=1S/C33H47N5O8/c1-20(2)12-13-24(35-28(40)18-34-27(39)16-23-17-29(44-6)46-38-23)31(42)37-26(15-22-10-8-7-9-11-22)32(43)36-25(14-21(3)4)30(41)33(5)19-45-33/h7-11,17,20-21,24-26H,12-16,18-19H2,1-6H3,(H,34,39)(H,35,40)(H,36,43)(H,37,42). The Morgan fingerprint density at radius 2 is 1.54 bits per heavy atom. The molecule has 1 aromatic heterocycles. The molecule has 1 aliphatic heterocycles. The van der Waals surface area contributed by atoms with Crippen LogP contribution < -0.4 is 26.0 Å². The first-order chi connectivity index (χ1) is 21.8. The van der Waals surface area contributed by atoms with Crippen molar-refractivity contribution in [1.82, 2.24) is 26.4 Å². The number of ketones is 1. The van der Waals surface area contributed by atoms with Gasteiger partial charge in [0.2, 0.25) is 23.6 Å². The SMILES string of the molecule is COc1cc(CC(=O)NCC(=O)NC(CCC(C)C)C(=O)NC(Cc2ccccc2)C(=O)NC(CC(C)C)C(=O)C2(C)CO2)no1. The Hall–Kier alpha value is -4.26. The van der Waals surface area contributed by atoms with Gasteiger partial charge in [0.1, 0.15) is 17.7 Å². The van der Waals surface area contributed by atoms with Gasteiger partial charge in [-0.2, -0.15) is 0 Å². The molecule has 1 fully saturated rings. The van der Waals surface area contributed by atoms with Crippen LogP contribution in [0.2, 0.25) is 0 Å². The average molecular weight is 642 g/mol. The zero-order chi connectivity index (χ0) is 33.9. The monoisotopic (exact) mass is 641 g/mol. The molecular formula is C33H47N5O8. The van der Waals surface area contributed by atoms with Crippen LogP contribution in [0.4, 0.5) is 0 Å². The molecule has 1 aliphatic rings. The van der Waals surface area contributed by atoms with Crippen molar-refractivity contribution >= 4 is 29.4 Å². The van der Waals surface area contributed by atoms with Crippen LogP contribution in [-0.4, -0.2) is 78.6 Å². The number of benzene rings is 1. The lowest BCUT2D eigenvalue weighted by Gasteiger charge is -2.27. The van der Waals surface area contributed by atoms with Crippen molar-refractivity contribution in [3.05, 3.63) is 47.7 Å². The van der Waals surface area contributed by atoms with E-state index in [2.05, 4.69) is 26.4 Å². The molecule has 252 valence electrons. The molecule has 0 saturated carbocycles. The highest BCUT2D eigenvalue weighted by atomic mass is 16.6. The van der Waals surface area contributed by atoms with Crippen molar-refractivity contribution in [1.29, 1.82) is 0 Å². The number of nitrogens with one attached hydrogen (secondary N) is 4. The number of carbonyl (C=O) groups excluding carboxylic acids is 5. The quantitative estimate of drug-likeness (QED) is 0.167. The fraction of sp³-hybridized carbons (Fsp3) is 0.576. The maximum absolute atomic E-state index is 13.7. The summed E-state index contributed by atoms with van der Waals surface area (Å²) in [6.07, 6.45) is 1.39. The van der Waals surface area contributed by atoms with E-state index in [1.54, 1.807) is 6.92 Å². The largest absolute Gasteiger partial charge is 0.467 e. The third-order valence-corrected chi connectivity index (χ3v) is 7.56. The number of carbonyl (C=O) groups is 5. The van der Waals surface area contributed by atoms with Gasteiger partial charge >= 0.3 is 5.95 Å². The van der Waals surface area contributed by atoms with Crippen LogP contribution in [-0.2, 0) is 41.6 Å². The van der Waals surface area contributed by atoms with Crippen LogP contribution in [0.1, 0.15) is 65.1 Å². The van der Waals surface area contributed by atoms with E-state index in [-0.39, 0.29) is 43.0 Å². The Morgan fingerprint density at radius 3 is 2.13 bits per heavy atom. The molecule has 2 aromatic rings. The summed E-state index contributed by atoms with van der Waals surface area (Å²) in [6.45, 7) is 9.55. The van der Waals surface area contributed by atoms with Gasteiger partial charge in [-0.05, 0) is 43.6 Å². The lowest BCUT2D eigenvalue weighted by atomic mass is 9.93. The molecular weight excluding hydrogens is 594 g/mol. The van der Waals surface area contributed by atoms with Gasteiger partial charge in [-0.3, -0.25) is 24.0 Å². The zero-order valence-corrected chi connectivity index (χ0v) is 27.5. The summed E-state index contributed by atoms with van der Waals surface area (Å²) < 4.78 is 15.2.